The maximum atomic E-state index is 3.70. The third-order valence-electron chi connectivity index (χ3n) is 4.95. The molecule has 0 aromatic heterocycles. The number of likely N-dealkylation sites (tertiary alicyclic amines) is 2. The standard InChI is InChI=1S/C14H25BrN2/c15-11-14(5-6-14)12-16-9-4-13(10-16)17-7-2-1-3-8-17/h13H,1-12H2. The predicted molar refractivity (Wildman–Crippen MR) is 75.7 cm³/mol. The van der Waals surface area contributed by atoms with E-state index in [1.54, 1.807) is 0 Å². The highest BCUT2D eigenvalue weighted by Gasteiger charge is 2.44. The van der Waals surface area contributed by atoms with E-state index < -0.39 is 0 Å². The van der Waals surface area contributed by atoms with E-state index >= 15 is 0 Å². The highest BCUT2D eigenvalue weighted by Crippen LogP contribution is 2.48. The Kier molecular flexibility index (Phi) is 3.79. The summed E-state index contributed by atoms with van der Waals surface area (Å²) in [6.45, 7) is 6.76. The fourth-order valence-corrected chi connectivity index (χ4v) is 4.26. The Morgan fingerprint density at radius 1 is 1.06 bits per heavy atom. The summed E-state index contributed by atoms with van der Waals surface area (Å²) in [5.74, 6) is 0. The highest BCUT2D eigenvalue weighted by atomic mass is 79.9. The van der Waals surface area contributed by atoms with Gasteiger partial charge in [0.05, 0.1) is 0 Å². The fraction of sp³-hybridized carbons (Fsp3) is 1.00. The molecule has 3 aliphatic rings. The molecular formula is C14H25BrN2. The van der Waals surface area contributed by atoms with Crippen LogP contribution in [-0.4, -0.2) is 53.9 Å². The predicted octanol–water partition coefficient (Wildman–Crippen LogP) is 2.72. The summed E-state index contributed by atoms with van der Waals surface area (Å²) in [6, 6.07) is 0.876. The topological polar surface area (TPSA) is 6.48 Å². The van der Waals surface area contributed by atoms with E-state index in [9.17, 15) is 0 Å². The number of alkyl halides is 1. The van der Waals surface area contributed by atoms with Gasteiger partial charge < -0.3 is 4.90 Å². The second-order valence-corrected chi connectivity index (χ2v) is 6.97. The van der Waals surface area contributed by atoms with Gasteiger partial charge in [-0.15, -0.1) is 0 Å². The fourth-order valence-electron chi connectivity index (χ4n) is 3.52. The lowest BCUT2D eigenvalue weighted by Gasteiger charge is -2.32. The average Bonchev–Trinajstić information content (AvgIpc) is 3.00. The Labute approximate surface area is 114 Å². The number of rotatable bonds is 4. The molecule has 3 fully saturated rings. The quantitative estimate of drug-likeness (QED) is 0.737. The maximum absolute atomic E-state index is 3.70. The third kappa shape index (κ3) is 2.87. The van der Waals surface area contributed by atoms with Crippen molar-refractivity contribution in [2.75, 3.05) is 38.1 Å². The lowest BCUT2D eigenvalue weighted by Crippen LogP contribution is -2.41. The van der Waals surface area contributed by atoms with E-state index in [4.69, 9.17) is 0 Å². The lowest BCUT2D eigenvalue weighted by atomic mass is 10.1. The van der Waals surface area contributed by atoms with Crippen molar-refractivity contribution in [1.29, 1.82) is 0 Å². The van der Waals surface area contributed by atoms with Crippen molar-refractivity contribution in [2.24, 2.45) is 5.41 Å². The molecule has 0 aromatic carbocycles. The monoisotopic (exact) mass is 300 g/mol. The van der Waals surface area contributed by atoms with E-state index in [2.05, 4.69) is 25.7 Å². The summed E-state index contributed by atoms with van der Waals surface area (Å²) < 4.78 is 0. The first-order chi connectivity index (χ1) is 8.31. The minimum atomic E-state index is 0.663. The van der Waals surface area contributed by atoms with Crippen molar-refractivity contribution in [3.05, 3.63) is 0 Å². The van der Waals surface area contributed by atoms with Crippen LogP contribution in [0.15, 0.2) is 0 Å². The number of nitrogens with zero attached hydrogens (tertiary/aromatic N) is 2. The van der Waals surface area contributed by atoms with E-state index in [0.717, 1.165) is 6.04 Å². The van der Waals surface area contributed by atoms with Crippen molar-refractivity contribution < 1.29 is 0 Å². The van der Waals surface area contributed by atoms with Crippen LogP contribution in [0, 0.1) is 5.41 Å². The second kappa shape index (κ2) is 5.18. The van der Waals surface area contributed by atoms with Crippen molar-refractivity contribution >= 4 is 15.9 Å². The maximum Gasteiger partial charge on any atom is 0.0235 e. The van der Waals surface area contributed by atoms with Gasteiger partial charge in [-0.25, -0.2) is 0 Å². The first-order valence-corrected chi connectivity index (χ1v) is 8.46. The summed E-state index contributed by atoms with van der Waals surface area (Å²) >= 11 is 3.70. The van der Waals surface area contributed by atoms with Gasteiger partial charge in [0, 0.05) is 24.5 Å². The van der Waals surface area contributed by atoms with Crippen molar-refractivity contribution in [3.8, 4) is 0 Å². The molecule has 2 saturated heterocycles. The zero-order chi connectivity index (χ0) is 11.7. The zero-order valence-electron chi connectivity index (χ0n) is 10.8. The van der Waals surface area contributed by atoms with Crippen LogP contribution in [0.4, 0.5) is 0 Å². The minimum absolute atomic E-state index is 0.663. The summed E-state index contributed by atoms with van der Waals surface area (Å²) in [5.41, 5.74) is 0.663. The van der Waals surface area contributed by atoms with Crippen LogP contribution in [-0.2, 0) is 0 Å². The Morgan fingerprint density at radius 3 is 2.47 bits per heavy atom. The summed E-state index contributed by atoms with van der Waals surface area (Å²) in [5, 5.41) is 1.21. The molecule has 0 bridgehead atoms. The van der Waals surface area contributed by atoms with Crippen molar-refractivity contribution in [3.63, 3.8) is 0 Å². The van der Waals surface area contributed by atoms with Crippen LogP contribution in [0.3, 0.4) is 0 Å². The van der Waals surface area contributed by atoms with Gasteiger partial charge in [-0.1, -0.05) is 22.4 Å². The Morgan fingerprint density at radius 2 is 1.82 bits per heavy atom. The Hall–Kier alpha value is 0.400. The van der Waals surface area contributed by atoms with Gasteiger partial charge in [-0.3, -0.25) is 4.90 Å². The van der Waals surface area contributed by atoms with Gasteiger partial charge in [0.15, 0.2) is 0 Å². The Balaban J connectivity index is 1.48. The second-order valence-electron chi connectivity index (χ2n) is 6.41. The van der Waals surface area contributed by atoms with Gasteiger partial charge in [0.25, 0.3) is 0 Å². The molecule has 0 amide bonds. The molecule has 1 saturated carbocycles. The van der Waals surface area contributed by atoms with Crippen LogP contribution in [0.25, 0.3) is 0 Å². The SMILES string of the molecule is BrCC1(CN2CCC(N3CCCCC3)C2)CC1. The number of hydrogen-bond acceptors (Lipinski definition) is 2. The minimum Gasteiger partial charge on any atom is -0.301 e. The number of piperidine rings is 1. The molecule has 0 spiro atoms. The van der Waals surface area contributed by atoms with Crippen LogP contribution >= 0.6 is 15.9 Å². The smallest absolute Gasteiger partial charge is 0.0235 e. The molecule has 2 nitrogen and oxygen atoms in total. The molecule has 1 unspecified atom stereocenters. The van der Waals surface area contributed by atoms with E-state index in [1.165, 1.54) is 76.6 Å². The first-order valence-electron chi connectivity index (χ1n) is 7.34. The van der Waals surface area contributed by atoms with Gasteiger partial charge in [-0.05, 0) is 57.2 Å². The normalized spacial score (nSPS) is 34.1. The van der Waals surface area contributed by atoms with Crippen molar-refractivity contribution in [1.82, 2.24) is 9.80 Å². The molecule has 3 heteroatoms. The molecule has 1 atom stereocenters. The summed E-state index contributed by atoms with van der Waals surface area (Å²) in [7, 11) is 0. The lowest BCUT2D eigenvalue weighted by molar-refractivity contribution is 0.158. The molecular weight excluding hydrogens is 276 g/mol. The third-order valence-corrected chi connectivity index (χ3v) is 6.14. The first kappa shape index (κ1) is 12.4. The van der Waals surface area contributed by atoms with Gasteiger partial charge >= 0.3 is 0 Å². The van der Waals surface area contributed by atoms with E-state index in [1.807, 2.05) is 0 Å². The molecule has 0 aromatic rings. The molecule has 0 radical (unpaired) electrons. The van der Waals surface area contributed by atoms with Crippen LogP contribution in [0.5, 0.6) is 0 Å². The van der Waals surface area contributed by atoms with Crippen LogP contribution in [0.2, 0.25) is 0 Å². The Bertz CT molecular complexity index is 259. The van der Waals surface area contributed by atoms with E-state index in [-0.39, 0.29) is 0 Å². The molecule has 17 heavy (non-hydrogen) atoms. The molecule has 98 valence electrons. The largest absolute Gasteiger partial charge is 0.301 e. The van der Waals surface area contributed by atoms with Gasteiger partial charge in [-0.2, -0.15) is 0 Å². The molecule has 1 aliphatic carbocycles. The summed E-state index contributed by atoms with van der Waals surface area (Å²) in [4.78, 5) is 5.49. The van der Waals surface area contributed by atoms with Gasteiger partial charge in [0.1, 0.15) is 0 Å². The average molecular weight is 301 g/mol. The number of halogens is 1. The molecule has 0 N–H and O–H groups in total. The summed E-state index contributed by atoms with van der Waals surface area (Å²) in [6.07, 6.45) is 8.63. The van der Waals surface area contributed by atoms with E-state index in [0.29, 0.717) is 5.41 Å². The highest BCUT2D eigenvalue weighted by molar-refractivity contribution is 9.09. The van der Waals surface area contributed by atoms with Crippen molar-refractivity contribution in [2.45, 2.75) is 44.6 Å². The molecule has 2 aliphatic heterocycles. The van der Waals surface area contributed by atoms with Crippen LogP contribution < -0.4 is 0 Å². The molecule has 3 rings (SSSR count). The molecule has 2 heterocycles. The van der Waals surface area contributed by atoms with Gasteiger partial charge in [0.2, 0.25) is 0 Å². The zero-order valence-corrected chi connectivity index (χ0v) is 12.4. The van der Waals surface area contributed by atoms with Crippen LogP contribution in [0.1, 0.15) is 38.5 Å². The number of hydrogen-bond donors (Lipinski definition) is 0.